The molecule has 0 saturated carbocycles. The van der Waals surface area contributed by atoms with Crippen LogP contribution in [-0.2, 0) is 11.2 Å². The van der Waals surface area contributed by atoms with Crippen LogP contribution in [0, 0.1) is 12.3 Å². The topological polar surface area (TPSA) is 17.1 Å². The van der Waals surface area contributed by atoms with E-state index in [0.717, 1.165) is 10.0 Å². The Bertz CT molecular complexity index is 363. The first kappa shape index (κ1) is 11.0. The van der Waals surface area contributed by atoms with Crippen molar-refractivity contribution < 1.29 is 4.79 Å². The normalized spacial score (nSPS) is 9.43. The first-order valence-corrected chi connectivity index (χ1v) is 5.22. The summed E-state index contributed by atoms with van der Waals surface area (Å²) in [6, 6.07) is 7.73. The predicted molar refractivity (Wildman–Crippen MR) is 60.9 cm³/mol. The lowest BCUT2D eigenvalue weighted by molar-refractivity contribution is -0.118. The van der Waals surface area contributed by atoms with Crippen molar-refractivity contribution in [1.29, 1.82) is 0 Å². The molecule has 0 spiro atoms. The van der Waals surface area contributed by atoms with Gasteiger partial charge >= 0.3 is 0 Å². The molecule has 0 atom stereocenters. The fraction of sp³-hybridized carbons (Fsp3) is 0.250. The highest BCUT2D eigenvalue weighted by Gasteiger charge is 2.05. The second kappa shape index (κ2) is 5.62. The summed E-state index contributed by atoms with van der Waals surface area (Å²) in [7, 11) is 0. The van der Waals surface area contributed by atoms with Crippen LogP contribution >= 0.6 is 15.9 Å². The molecule has 1 aromatic rings. The van der Waals surface area contributed by atoms with Gasteiger partial charge in [-0.2, -0.15) is 0 Å². The fourth-order valence-electron chi connectivity index (χ4n) is 1.15. The largest absolute Gasteiger partial charge is 0.299 e. The Morgan fingerprint density at radius 1 is 1.43 bits per heavy atom. The highest BCUT2D eigenvalue weighted by molar-refractivity contribution is 9.10. The van der Waals surface area contributed by atoms with E-state index in [-0.39, 0.29) is 5.78 Å². The molecule has 0 saturated heterocycles. The molecule has 0 heterocycles. The molecule has 0 aliphatic heterocycles. The van der Waals surface area contributed by atoms with Crippen molar-refractivity contribution in [2.24, 2.45) is 0 Å². The fourth-order valence-corrected chi connectivity index (χ4v) is 1.58. The zero-order chi connectivity index (χ0) is 10.4. The summed E-state index contributed by atoms with van der Waals surface area (Å²) in [5.74, 6) is 2.66. The van der Waals surface area contributed by atoms with E-state index in [1.807, 2.05) is 24.3 Å². The maximum atomic E-state index is 11.4. The lowest BCUT2D eigenvalue weighted by atomic mass is 10.1. The molecular formula is C12H11BrO. The molecule has 0 aliphatic rings. The Morgan fingerprint density at radius 3 is 2.79 bits per heavy atom. The Morgan fingerprint density at radius 2 is 2.14 bits per heavy atom. The molecule has 2 heteroatoms. The number of terminal acetylenes is 1. The van der Waals surface area contributed by atoms with Crippen LogP contribution in [0.25, 0.3) is 0 Å². The Hall–Kier alpha value is -1.07. The smallest absolute Gasteiger partial charge is 0.138 e. The van der Waals surface area contributed by atoms with E-state index in [4.69, 9.17) is 6.42 Å². The van der Waals surface area contributed by atoms with Crippen LogP contribution in [0.5, 0.6) is 0 Å². The van der Waals surface area contributed by atoms with Gasteiger partial charge in [-0.05, 0) is 11.6 Å². The van der Waals surface area contributed by atoms with Gasteiger partial charge in [0.15, 0.2) is 0 Å². The standard InChI is InChI=1S/C12H11BrO/c1-2-3-7-11(14)9-10-6-4-5-8-12(10)13/h1,4-6,8H,3,7,9H2. The molecule has 0 fully saturated rings. The summed E-state index contributed by atoms with van der Waals surface area (Å²) < 4.78 is 0.981. The Balaban J connectivity index is 2.57. The van der Waals surface area contributed by atoms with Crippen molar-refractivity contribution in [1.82, 2.24) is 0 Å². The molecule has 14 heavy (non-hydrogen) atoms. The van der Waals surface area contributed by atoms with E-state index in [0.29, 0.717) is 19.3 Å². The van der Waals surface area contributed by atoms with Crippen molar-refractivity contribution >= 4 is 21.7 Å². The summed E-state index contributed by atoms with van der Waals surface area (Å²) in [4.78, 5) is 11.4. The third-order valence-electron chi connectivity index (χ3n) is 1.89. The van der Waals surface area contributed by atoms with Gasteiger partial charge in [-0.15, -0.1) is 12.3 Å². The zero-order valence-electron chi connectivity index (χ0n) is 7.79. The zero-order valence-corrected chi connectivity index (χ0v) is 9.38. The molecule has 0 radical (unpaired) electrons. The highest BCUT2D eigenvalue weighted by atomic mass is 79.9. The van der Waals surface area contributed by atoms with Gasteiger partial charge in [-0.3, -0.25) is 4.79 Å². The van der Waals surface area contributed by atoms with Crippen LogP contribution < -0.4 is 0 Å². The number of hydrogen-bond donors (Lipinski definition) is 0. The minimum Gasteiger partial charge on any atom is -0.299 e. The molecule has 0 N–H and O–H groups in total. The number of carbonyl (C=O) groups excluding carboxylic acids is 1. The quantitative estimate of drug-likeness (QED) is 0.752. The summed E-state index contributed by atoms with van der Waals surface area (Å²) in [6.07, 6.45) is 6.55. The van der Waals surface area contributed by atoms with Crippen LogP contribution in [0.4, 0.5) is 0 Å². The molecule has 1 nitrogen and oxygen atoms in total. The van der Waals surface area contributed by atoms with Crippen LogP contribution in [0.3, 0.4) is 0 Å². The van der Waals surface area contributed by atoms with Crippen LogP contribution in [0.15, 0.2) is 28.7 Å². The summed E-state index contributed by atoms with van der Waals surface area (Å²) >= 11 is 3.40. The van der Waals surface area contributed by atoms with Crippen molar-refractivity contribution in [3.05, 3.63) is 34.3 Å². The second-order valence-electron chi connectivity index (χ2n) is 3.01. The van der Waals surface area contributed by atoms with E-state index in [1.54, 1.807) is 0 Å². The number of ketones is 1. The molecule has 0 aromatic heterocycles. The summed E-state index contributed by atoms with van der Waals surface area (Å²) in [5.41, 5.74) is 1.02. The van der Waals surface area contributed by atoms with Crippen molar-refractivity contribution in [3.63, 3.8) is 0 Å². The monoisotopic (exact) mass is 250 g/mol. The average molecular weight is 251 g/mol. The van der Waals surface area contributed by atoms with Crippen LogP contribution in [0.1, 0.15) is 18.4 Å². The average Bonchev–Trinajstić information content (AvgIpc) is 2.18. The molecule has 0 bridgehead atoms. The number of halogens is 1. The molecule has 0 amide bonds. The molecular weight excluding hydrogens is 240 g/mol. The number of benzene rings is 1. The maximum Gasteiger partial charge on any atom is 0.138 e. The lowest BCUT2D eigenvalue weighted by Crippen LogP contribution is -2.02. The highest BCUT2D eigenvalue weighted by Crippen LogP contribution is 2.17. The van der Waals surface area contributed by atoms with E-state index >= 15 is 0 Å². The summed E-state index contributed by atoms with van der Waals surface area (Å²) in [6.45, 7) is 0. The van der Waals surface area contributed by atoms with E-state index < -0.39 is 0 Å². The third kappa shape index (κ3) is 3.35. The summed E-state index contributed by atoms with van der Waals surface area (Å²) in [5, 5.41) is 0. The van der Waals surface area contributed by atoms with Gasteiger partial charge in [0.05, 0.1) is 0 Å². The molecule has 0 aliphatic carbocycles. The van der Waals surface area contributed by atoms with Crippen molar-refractivity contribution in [2.45, 2.75) is 19.3 Å². The van der Waals surface area contributed by atoms with E-state index in [2.05, 4.69) is 21.9 Å². The van der Waals surface area contributed by atoms with E-state index in [1.165, 1.54) is 0 Å². The van der Waals surface area contributed by atoms with Crippen molar-refractivity contribution in [3.8, 4) is 12.3 Å². The number of Topliss-reactive ketones (excluding diaryl/α,β-unsaturated/α-hetero) is 1. The molecule has 0 unspecified atom stereocenters. The number of hydrogen-bond acceptors (Lipinski definition) is 1. The first-order valence-electron chi connectivity index (χ1n) is 4.42. The molecule has 1 aromatic carbocycles. The molecule has 72 valence electrons. The minimum atomic E-state index is 0.190. The minimum absolute atomic E-state index is 0.190. The van der Waals surface area contributed by atoms with Gasteiger partial charge in [0.1, 0.15) is 5.78 Å². The van der Waals surface area contributed by atoms with Gasteiger partial charge in [0.25, 0.3) is 0 Å². The predicted octanol–water partition coefficient (Wildman–Crippen LogP) is 2.97. The SMILES string of the molecule is C#CCCC(=O)Cc1ccccc1Br. The Labute approximate surface area is 92.6 Å². The van der Waals surface area contributed by atoms with Gasteiger partial charge in [0, 0.05) is 23.7 Å². The molecule has 1 rings (SSSR count). The van der Waals surface area contributed by atoms with Gasteiger partial charge < -0.3 is 0 Å². The number of carbonyl (C=O) groups is 1. The van der Waals surface area contributed by atoms with Crippen molar-refractivity contribution in [2.75, 3.05) is 0 Å². The number of rotatable bonds is 4. The van der Waals surface area contributed by atoms with Gasteiger partial charge in [-0.1, -0.05) is 34.1 Å². The maximum absolute atomic E-state index is 11.4. The lowest BCUT2D eigenvalue weighted by Gasteiger charge is -2.01. The van der Waals surface area contributed by atoms with Gasteiger partial charge in [0.2, 0.25) is 0 Å². The first-order chi connectivity index (χ1) is 6.74. The Kier molecular flexibility index (Phi) is 4.42. The second-order valence-corrected chi connectivity index (χ2v) is 3.87. The van der Waals surface area contributed by atoms with E-state index in [9.17, 15) is 4.79 Å². The van der Waals surface area contributed by atoms with Crippen LogP contribution in [-0.4, -0.2) is 5.78 Å². The third-order valence-corrected chi connectivity index (χ3v) is 2.67. The van der Waals surface area contributed by atoms with Gasteiger partial charge in [-0.25, -0.2) is 0 Å². The van der Waals surface area contributed by atoms with Crippen LogP contribution in [0.2, 0.25) is 0 Å².